The maximum Gasteiger partial charge on any atom is 0.397 e. The number of allylic oxidation sites excluding steroid dienone is 1. The fourth-order valence-electron chi connectivity index (χ4n) is 7.94. The van der Waals surface area contributed by atoms with Crippen LogP contribution in [0.1, 0.15) is 79.1 Å². The fourth-order valence-corrected chi connectivity index (χ4v) is 8.45. The van der Waals surface area contributed by atoms with Gasteiger partial charge in [0.15, 0.2) is 11.4 Å². The minimum atomic E-state index is -4.46. The first-order chi connectivity index (χ1) is 14.3. The van der Waals surface area contributed by atoms with E-state index in [2.05, 4.69) is 19.9 Å². The van der Waals surface area contributed by atoms with E-state index in [0.29, 0.717) is 37.0 Å². The summed E-state index contributed by atoms with van der Waals surface area (Å²) in [5.74, 6) is 0.706. The maximum atomic E-state index is 12.8. The van der Waals surface area contributed by atoms with Crippen molar-refractivity contribution in [3.8, 4) is 0 Å². The van der Waals surface area contributed by atoms with E-state index in [1.807, 2.05) is 0 Å². The minimum Gasteiger partial charge on any atom is -0.451 e. The van der Waals surface area contributed by atoms with Crippen molar-refractivity contribution in [1.82, 2.24) is 0 Å². The summed E-state index contributed by atoms with van der Waals surface area (Å²) in [7, 11) is -4.46. The second-order valence-corrected chi connectivity index (χ2v) is 11.7. The summed E-state index contributed by atoms with van der Waals surface area (Å²) in [6.45, 7) is 7.36. The first-order valence-electron chi connectivity index (χ1n) is 11.4. The smallest absolute Gasteiger partial charge is 0.397 e. The van der Waals surface area contributed by atoms with Gasteiger partial charge in [0.05, 0.1) is 6.10 Å². The van der Waals surface area contributed by atoms with E-state index in [4.69, 9.17) is 13.5 Å². The van der Waals surface area contributed by atoms with Gasteiger partial charge < -0.3 is 4.74 Å². The van der Waals surface area contributed by atoms with Crippen molar-refractivity contribution in [3.05, 3.63) is 11.6 Å². The molecule has 1 N–H and O–H groups in total. The highest BCUT2D eigenvalue weighted by Crippen LogP contribution is 2.68. The van der Waals surface area contributed by atoms with Gasteiger partial charge in [0, 0.05) is 12.3 Å². The molecule has 1 unspecified atom stereocenters. The molecule has 0 saturated heterocycles. The van der Waals surface area contributed by atoms with Gasteiger partial charge in [0.25, 0.3) is 0 Å². The van der Waals surface area contributed by atoms with Crippen molar-refractivity contribution in [2.75, 3.05) is 0 Å². The highest BCUT2D eigenvalue weighted by molar-refractivity contribution is 7.80. The molecule has 0 amide bonds. The molecule has 3 saturated carbocycles. The van der Waals surface area contributed by atoms with Crippen molar-refractivity contribution in [3.63, 3.8) is 0 Å². The van der Waals surface area contributed by atoms with Crippen LogP contribution in [0.2, 0.25) is 0 Å². The Bertz CT molecular complexity index is 924. The number of fused-ring (bicyclic) bond motifs is 5. The highest BCUT2D eigenvalue weighted by atomic mass is 32.3. The van der Waals surface area contributed by atoms with Crippen LogP contribution in [0.15, 0.2) is 11.6 Å². The molecule has 4 aliphatic carbocycles. The summed E-state index contributed by atoms with van der Waals surface area (Å²) >= 11 is 0. The van der Waals surface area contributed by atoms with E-state index in [9.17, 15) is 18.0 Å². The van der Waals surface area contributed by atoms with E-state index < -0.39 is 28.1 Å². The number of hydrogen-bond acceptors (Lipinski definition) is 6. The number of Topliss-reactive ketones (excluding diaryl/α,β-unsaturated/α-hetero) is 1. The topological polar surface area (TPSA) is 107 Å². The lowest BCUT2D eigenvalue weighted by Gasteiger charge is -2.59. The van der Waals surface area contributed by atoms with Crippen LogP contribution < -0.4 is 0 Å². The number of esters is 1. The Kier molecular flexibility index (Phi) is 5.46. The molecule has 7 atom stereocenters. The largest absolute Gasteiger partial charge is 0.451 e. The van der Waals surface area contributed by atoms with Crippen LogP contribution in [0.4, 0.5) is 0 Å². The third kappa shape index (κ3) is 3.49. The summed E-state index contributed by atoms with van der Waals surface area (Å²) in [5.41, 5.74) is -0.196. The Hall–Kier alpha value is -1.25. The van der Waals surface area contributed by atoms with Gasteiger partial charge in [0.1, 0.15) is 0 Å². The van der Waals surface area contributed by atoms with Gasteiger partial charge in [0.2, 0.25) is 0 Å². The lowest BCUT2D eigenvalue weighted by atomic mass is 9.46. The second kappa shape index (κ2) is 7.39. The molecule has 4 rings (SSSR count). The predicted molar refractivity (Wildman–Crippen MR) is 113 cm³/mol. The molecular weight excluding hydrogens is 420 g/mol. The van der Waals surface area contributed by atoms with Crippen molar-refractivity contribution >= 4 is 22.2 Å². The molecule has 7 nitrogen and oxygen atoms in total. The predicted octanol–water partition coefficient (Wildman–Crippen LogP) is 4.03. The molecule has 174 valence electrons. The minimum absolute atomic E-state index is 0.0355. The van der Waals surface area contributed by atoms with Gasteiger partial charge in [-0.3, -0.25) is 14.1 Å². The molecular formula is C23H34O7S. The van der Waals surface area contributed by atoms with Crippen LogP contribution in [0.25, 0.3) is 0 Å². The van der Waals surface area contributed by atoms with Crippen LogP contribution in [0.3, 0.4) is 0 Å². The normalized spacial score (nSPS) is 44.5. The number of hydrogen-bond donors (Lipinski definition) is 1. The molecule has 0 aromatic rings. The van der Waals surface area contributed by atoms with Gasteiger partial charge in [-0.15, -0.1) is 0 Å². The lowest BCUT2D eigenvalue weighted by Crippen LogP contribution is -2.58. The third-order valence-corrected chi connectivity index (χ3v) is 9.84. The van der Waals surface area contributed by atoms with Crippen molar-refractivity contribution in [2.24, 2.45) is 28.6 Å². The first-order valence-corrected chi connectivity index (χ1v) is 12.7. The number of ether oxygens (including phenoxy) is 1. The molecule has 4 aliphatic rings. The summed E-state index contributed by atoms with van der Waals surface area (Å²) in [5, 5.41) is 0. The zero-order valence-corrected chi connectivity index (χ0v) is 19.7. The zero-order chi connectivity index (χ0) is 22.8. The van der Waals surface area contributed by atoms with Gasteiger partial charge >= 0.3 is 16.4 Å². The Morgan fingerprint density at radius 3 is 2.35 bits per heavy atom. The van der Waals surface area contributed by atoms with E-state index in [-0.39, 0.29) is 16.6 Å². The van der Waals surface area contributed by atoms with Crippen LogP contribution in [-0.4, -0.2) is 36.4 Å². The summed E-state index contributed by atoms with van der Waals surface area (Å²) in [6.07, 6.45) is 7.77. The molecule has 0 aromatic heterocycles. The molecule has 0 bridgehead atoms. The molecule has 31 heavy (non-hydrogen) atoms. The Labute approximate surface area is 184 Å². The second-order valence-electron chi connectivity index (χ2n) is 10.6. The zero-order valence-electron chi connectivity index (χ0n) is 18.8. The molecule has 0 radical (unpaired) electrons. The summed E-state index contributed by atoms with van der Waals surface area (Å²) < 4.78 is 42.1. The first kappa shape index (κ1) is 22.9. The Balaban J connectivity index is 1.63. The average Bonchev–Trinajstić information content (AvgIpc) is 2.94. The Morgan fingerprint density at radius 1 is 1.06 bits per heavy atom. The van der Waals surface area contributed by atoms with Crippen LogP contribution in [0.5, 0.6) is 0 Å². The summed E-state index contributed by atoms with van der Waals surface area (Å²) in [4.78, 5) is 24.7. The van der Waals surface area contributed by atoms with E-state index >= 15 is 0 Å². The van der Waals surface area contributed by atoms with Gasteiger partial charge in [-0.05, 0) is 81.5 Å². The van der Waals surface area contributed by atoms with Crippen molar-refractivity contribution < 1.29 is 31.5 Å². The van der Waals surface area contributed by atoms with Gasteiger partial charge in [-0.25, -0.2) is 4.18 Å². The molecule has 0 heterocycles. The maximum absolute atomic E-state index is 12.8. The van der Waals surface area contributed by atoms with Crippen LogP contribution in [-0.2, 0) is 28.9 Å². The van der Waals surface area contributed by atoms with E-state index in [0.717, 1.165) is 32.1 Å². The quantitative estimate of drug-likeness (QED) is 0.388. The highest BCUT2D eigenvalue weighted by Gasteiger charge is 2.67. The van der Waals surface area contributed by atoms with Crippen LogP contribution >= 0.6 is 0 Å². The number of carbonyl (C=O) groups is 2. The molecule has 8 heteroatoms. The lowest BCUT2D eigenvalue weighted by molar-refractivity contribution is -0.186. The summed E-state index contributed by atoms with van der Waals surface area (Å²) in [6, 6.07) is 0. The van der Waals surface area contributed by atoms with Crippen LogP contribution in [0, 0.1) is 28.6 Å². The molecule has 0 aliphatic heterocycles. The van der Waals surface area contributed by atoms with Crippen molar-refractivity contribution in [1.29, 1.82) is 0 Å². The number of carbonyl (C=O) groups excluding carboxylic acids is 2. The molecule has 3 fully saturated rings. The molecule has 0 aromatic carbocycles. The van der Waals surface area contributed by atoms with Gasteiger partial charge in [-0.1, -0.05) is 25.5 Å². The SMILES string of the molecule is CC(=O)O[C@]1(C(C)=O)CC[C@H]2[C@@H]3CC=C4CC(OS(=O)(=O)O)CC[C@]4(C)[C@H]3CC[C@@]21C. The van der Waals surface area contributed by atoms with E-state index in [1.54, 1.807) is 6.92 Å². The van der Waals surface area contributed by atoms with Gasteiger partial charge in [-0.2, -0.15) is 8.42 Å². The van der Waals surface area contributed by atoms with Crippen molar-refractivity contribution in [2.45, 2.75) is 90.8 Å². The monoisotopic (exact) mass is 454 g/mol. The standard InChI is InChI=1S/C23H34O7S/c1-14(24)23(29-15(2)25)12-9-20-18-6-5-16-13-17(30-31(26,27)28)7-10-21(16,3)19(18)8-11-22(20,23)4/h5,17-20H,6-13H2,1-4H3,(H,26,27,28)/t17?,18-,19+,20+,21+,22+,23+/m1/s1. The third-order valence-electron chi connectivity index (χ3n) is 9.32. The average molecular weight is 455 g/mol. The Morgan fingerprint density at radius 2 is 1.74 bits per heavy atom. The number of ketones is 1. The molecule has 0 spiro atoms. The van der Waals surface area contributed by atoms with E-state index in [1.165, 1.54) is 12.5 Å². The number of rotatable bonds is 4. The fraction of sp³-hybridized carbons (Fsp3) is 0.826.